The number of nitrogens with one attached hydrogen (secondary N) is 2. The summed E-state index contributed by atoms with van der Waals surface area (Å²) in [4.78, 5) is 10.1. The number of methoxy groups -OCH3 is 2. The number of guanidine groups is 1. The minimum Gasteiger partial charge on any atom is -0.493 e. The Morgan fingerprint density at radius 2 is 2.04 bits per heavy atom. The molecule has 9 heteroatoms. The average molecular weight is 514 g/mol. The van der Waals surface area contributed by atoms with E-state index in [1.165, 1.54) is 0 Å². The summed E-state index contributed by atoms with van der Waals surface area (Å²) in [7, 11) is 3.22. The summed E-state index contributed by atoms with van der Waals surface area (Å²) in [5, 5.41) is 8.46. The lowest BCUT2D eigenvalue weighted by Gasteiger charge is -2.13. The highest BCUT2D eigenvalue weighted by atomic mass is 127. The second kappa shape index (κ2) is 10.9. The van der Waals surface area contributed by atoms with Crippen molar-refractivity contribution in [2.45, 2.75) is 13.5 Å². The van der Waals surface area contributed by atoms with Crippen LogP contribution in [0.15, 0.2) is 51.4 Å². The van der Waals surface area contributed by atoms with Crippen LogP contribution in [0.25, 0.3) is 10.8 Å². The molecule has 0 spiro atoms. The van der Waals surface area contributed by atoms with Gasteiger partial charge in [0.05, 0.1) is 25.6 Å². The summed E-state index contributed by atoms with van der Waals surface area (Å²) in [5.41, 5.74) is 1.61. The van der Waals surface area contributed by atoms with Gasteiger partial charge in [-0.1, -0.05) is 6.07 Å². The van der Waals surface area contributed by atoms with Crippen molar-refractivity contribution in [1.29, 1.82) is 0 Å². The van der Waals surface area contributed by atoms with Crippen molar-refractivity contribution < 1.29 is 13.9 Å². The number of anilines is 1. The van der Waals surface area contributed by atoms with E-state index < -0.39 is 0 Å². The Morgan fingerprint density at radius 1 is 1.21 bits per heavy atom. The number of oxazole rings is 1. The van der Waals surface area contributed by atoms with Crippen LogP contribution in [0.5, 0.6) is 11.5 Å². The maximum absolute atomic E-state index is 5.53. The molecule has 2 heterocycles. The molecule has 0 saturated carbocycles. The zero-order valence-electron chi connectivity index (χ0n) is 15.9. The van der Waals surface area contributed by atoms with Crippen molar-refractivity contribution in [2.75, 3.05) is 26.1 Å². The number of benzene rings is 1. The minimum absolute atomic E-state index is 0. The summed E-state index contributed by atoms with van der Waals surface area (Å²) < 4.78 is 16.1. The summed E-state index contributed by atoms with van der Waals surface area (Å²) in [6.07, 6.45) is 1.64. The molecule has 0 fully saturated rings. The second-order valence-electron chi connectivity index (χ2n) is 5.51. The predicted molar refractivity (Wildman–Crippen MR) is 123 cm³/mol. The van der Waals surface area contributed by atoms with Crippen LogP contribution >= 0.6 is 35.3 Å². The molecule has 2 aromatic heterocycles. The number of aliphatic imine (C=N–C) groups is 1. The number of halogens is 1. The summed E-state index contributed by atoms with van der Waals surface area (Å²) >= 11 is 1.59. The van der Waals surface area contributed by atoms with Crippen LogP contribution in [0.1, 0.15) is 12.6 Å². The lowest BCUT2D eigenvalue weighted by molar-refractivity contribution is 0.355. The van der Waals surface area contributed by atoms with Crippen molar-refractivity contribution in [2.24, 2.45) is 4.99 Å². The fourth-order valence-electron chi connectivity index (χ4n) is 2.41. The molecule has 0 unspecified atom stereocenters. The molecular formula is C19H23IN4O3S. The van der Waals surface area contributed by atoms with Gasteiger partial charge in [-0.2, -0.15) is 0 Å². The van der Waals surface area contributed by atoms with E-state index in [0.717, 1.165) is 22.8 Å². The van der Waals surface area contributed by atoms with Crippen LogP contribution < -0.4 is 20.1 Å². The van der Waals surface area contributed by atoms with Crippen LogP contribution in [0.4, 0.5) is 5.69 Å². The SMILES string of the molecule is CCNC(=NCc1coc(-c2cccs2)n1)Nc1ccc(OC)c(OC)c1.I. The topological polar surface area (TPSA) is 80.9 Å². The highest BCUT2D eigenvalue weighted by Crippen LogP contribution is 2.29. The molecule has 3 rings (SSSR count). The molecule has 1 aromatic carbocycles. The molecule has 150 valence electrons. The minimum atomic E-state index is 0. The first kappa shape index (κ1) is 22.0. The molecule has 3 aromatic rings. The first-order valence-corrected chi connectivity index (χ1v) is 9.37. The maximum Gasteiger partial charge on any atom is 0.236 e. The number of thiophene rings is 1. The normalized spacial score (nSPS) is 10.9. The van der Waals surface area contributed by atoms with Gasteiger partial charge in [0, 0.05) is 18.3 Å². The van der Waals surface area contributed by atoms with Crippen molar-refractivity contribution in [1.82, 2.24) is 10.3 Å². The largest absolute Gasteiger partial charge is 0.493 e. The molecule has 0 aliphatic heterocycles. The molecule has 0 bridgehead atoms. The summed E-state index contributed by atoms with van der Waals surface area (Å²) in [6.45, 7) is 3.15. The third kappa shape index (κ3) is 5.61. The van der Waals surface area contributed by atoms with Gasteiger partial charge in [0.1, 0.15) is 12.0 Å². The number of hydrogen-bond acceptors (Lipinski definition) is 6. The fourth-order valence-corrected chi connectivity index (χ4v) is 3.07. The smallest absolute Gasteiger partial charge is 0.236 e. The van der Waals surface area contributed by atoms with E-state index in [1.54, 1.807) is 31.8 Å². The summed E-state index contributed by atoms with van der Waals surface area (Å²) in [5.74, 6) is 2.59. The van der Waals surface area contributed by atoms with Crippen LogP contribution in [-0.4, -0.2) is 31.7 Å². The Labute approximate surface area is 185 Å². The molecular weight excluding hydrogens is 491 g/mol. The second-order valence-corrected chi connectivity index (χ2v) is 6.46. The van der Waals surface area contributed by atoms with Gasteiger partial charge in [-0.3, -0.25) is 0 Å². The number of hydrogen-bond donors (Lipinski definition) is 2. The molecule has 0 saturated heterocycles. The zero-order valence-corrected chi connectivity index (χ0v) is 19.0. The molecule has 7 nitrogen and oxygen atoms in total. The standard InChI is InChI=1S/C19H22N4O3S.HI/c1-4-20-19(23-13-7-8-15(24-2)16(10-13)25-3)21-11-14-12-26-18(22-14)17-6-5-9-27-17;/h5-10,12H,4,11H2,1-3H3,(H2,20,21,23);1H. The first-order chi connectivity index (χ1) is 13.2. The van der Waals surface area contributed by atoms with Crippen molar-refractivity contribution in [3.8, 4) is 22.3 Å². The van der Waals surface area contributed by atoms with Gasteiger partial charge >= 0.3 is 0 Å². The Hall–Kier alpha value is -2.27. The number of nitrogens with zero attached hydrogens (tertiary/aromatic N) is 2. The molecule has 28 heavy (non-hydrogen) atoms. The number of aromatic nitrogens is 1. The number of ether oxygens (including phenoxy) is 2. The molecule has 0 aliphatic carbocycles. The van der Waals surface area contributed by atoms with E-state index in [0.29, 0.717) is 29.9 Å². The molecule has 0 amide bonds. The summed E-state index contributed by atoms with van der Waals surface area (Å²) in [6, 6.07) is 9.55. The van der Waals surface area contributed by atoms with Gasteiger partial charge < -0.3 is 24.5 Å². The Bertz CT molecular complexity index is 896. The maximum atomic E-state index is 5.53. The van der Waals surface area contributed by atoms with Crippen LogP contribution in [0.3, 0.4) is 0 Å². The monoisotopic (exact) mass is 514 g/mol. The van der Waals surface area contributed by atoms with Gasteiger partial charge in [-0.25, -0.2) is 9.98 Å². The van der Waals surface area contributed by atoms with Gasteiger partial charge in [0.2, 0.25) is 5.89 Å². The average Bonchev–Trinajstić information content (AvgIpc) is 3.37. The fraction of sp³-hybridized carbons (Fsp3) is 0.263. The Morgan fingerprint density at radius 3 is 2.71 bits per heavy atom. The quantitative estimate of drug-likeness (QED) is 0.272. The third-order valence-electron chi connectivity index (χ3n) is 3.67. The highest BCUT2D eigenvalue weighted by molar-refractivity contribution is 14.0. The first-order valence-electron chi connectivity index (χ1n) is 8.49. The van der Waals surface area contributed by atoms with Crippen molar-refractivity contribution in [3.05, 3.63) is 47.7 Å². The van der Waals surface area contributed by atoms with Crippen molar-refractivity contribution in [3.63, 3.8) is 0 Å². The number of rotatable bonds is 7. The molecule has 0 atom stereocenters. The molecule has 0 radical (unpaired) electrons. The van der Waals surface area contributed by atoms with E-state index in [4.69, 9.17) is 13.9 Å². The third-order valence-corrected chi connectivity index (χ3v) is 4.53. The Balaban J connectivity index is 0.00000280. The van der Waals surface area contributed by atoms with Gasteiger partial charge in [0.25, 0.3) is 0 Å². The van der Waals surface area contributed by atoms with Crippen LogP contribution in [0.2, 0.25) is 0 Å². The van der Waals surface area contributed by atoms with Gasteiger partial charge in [0.15, 0.2) is 17.5 Å². The van der Waals surface area contributed by atoms with Crippen molar-refractivity contribution >= 4 is 47.0 Å². The van der Waals surface area contributed by atoms with E-state index in [-0.39, 0.29) is 24.0 Å². The van der Waals surface area contributed by atoms with E-state index in [2.05, 4.69) is 20.6 Å². The lowest BCUT2D eigenvalue weighted by Crippen LogP contribution is -2.30. The Kier molecular flexibility index (Phi) is 8.58. The zero-order chi connectivity index (χ0) is 19.1. The van der Waals surface area contributed by atoms with Crippen LogP contribution in [-0.2, 0) is 6.54 Å². The van der Waals surface area contributed by atoms with E-state index in [1.807, 2.05) is 42.6 Å². The molecule has 2 N–H and O–H groups in total. The molecule has 0 aliphatic rings. The van der Waals surface area contributed by atoms with Gasteiger partial charge in [-0.15, -0.1) is 35.3 Å². The predicted octanol–water partition coefficient (Wildman–Crippen LogP) is 4.62. The van der Waals surface area contributed by atoms with Crippen LogP contribution in [0, 0.1) is 0 Å². The highest BCUT2D eigenvalue weighted by Gasteiger charge is 2.09. The van der Waals surface area contributed by atoms with Gasteiger partial charge in [-0.05, 0) is 30.5 Å². The lowest BCUT2D eigenvalue weighted by atomic mass is 10.3. The van der Waals surface area contributed by atoms with E-state index >= 15 is 0 Å². The van der Waals surface area contributed by atoms with E-state index in [9.17, 15) is 0 Å².